The lowest BCUT2D eigenvalue weighted by atomic mass is 10.1. The van der Waals surface area contributed by atoms with Gasteiger partial charge in [-0.1, -0.05) is 18.2 Å². The van der Waals surface area contributed by atoms with E-state index in [-0.39, 0.29) is 16.6 Å². The van der Waals surface area contributed by atoms with Crippen molar-refractivity contribution in [1.29, 1.82) is 0 Å². The molecule has 0 N–H and O–H groups in total. The molecule has 1 aromatic heterocycles. The number of piperidine rings is 1. The van der Waals surface area contributed by atoms with Crippen molar-refractivity contribution in [3.8, 4) is 11.4 Å². The van der Waals surface area contributed by atoms with E-state index >= 15 is 0 Å². The Bertz CT molecular complexity index is 1160. The maximum absolute atomic E-state index is 12.6. The Morgan fingerprint density at radius 2 is 1.57 bits per heavy atom. The van der Waals surface area contributed by atoms with E-state index in [2.05, 4.69) is 17.0 Å². The van der Waals surface area contributed by atoms with Crippen LogP contribution in [0.5, 0.6) is 5.75 Å². The van der Waals surface area contributed by atoms with Crippen molar-refractivity contribution in [3.63, 3.8) is 0 Å². The second-order valence-electron chi connectivity index (χ2n) is 7.48. The van der Waals surface area contributed by atoms with Crippen LogP contribution in [0.4, 0.5) is 5.69 Å². The van der Waals surface area contributed by atoms with E-state index in [9.17, 15) is 13.2 Å². The van der Waals surface area contributed by atoms with Crippen molar-refractivity contribution in [2.45, 2.75) is 23.8 Å². The minimum atomic E-state index is -3.27. The minimum absolute atomic E-state index is 0.0780. The van der Waals surface area contributed by atoms with Gasteiger partial charge in [0.25, 0.3) is 5.56 Å². The molecule has 0 radical (unpaired) electrons. The molecule has 0 saturated carbocycles. The number of benzene rings is 2. The highest BCUT2D eigenvalue weighted by Gasteiger charge is 2.21. The van der Waals surface area contributed by atoms with Crippen molar-refractivity contribution in [1.82, 2.24) is 4.57 Å². The molecule has 4 rings (SSSR count). The van der Waals surface area contributed by atoms with Crippen molar-refractivity contribution in [2.24, 2.45) is 0 Å². The summed E-state index contributed by atoms with van der Waals surface area (Å²) >= 11 is 0. The Labute approximate surface area is 176 Å². The molecular formula is C23H24N2O4S. The summed E-state index contributed by atoms with van der Waals surface area (Å²) in [6.07, 6.45) is 4.68. The van der Waals surface area contributed by atoms with Crippen LogP contribution in [0.2, 0.25) is 0 Å². The van der Waals surface area contributed by atoms with E-state index in [0.717, 1.165) is 32.2 Å². The fourth-order valence-corrected chi connectivity index (χ4v) is 4.29. The van der Waals surface area contributed by atoms with Gasteiger partial charge in [0.2, 0.25) is 0 Å². The van der Waals surface area contributed by atoms with E-state index in [0.29, 0.717) is 11.4 Å². The minimum Gasteiger partial charge on any atom is -0.490 e. The lowest BCUT2D eigenvalue weighted by Gasteiger charge is -2.33. The van der Waals surface area contributed by atoms with E-state index in [1.54, 1.807) is 24.4 Å². The Balaban J connectivity index is 1.41. The third-order valence-electron chi connectivity index (χ3n) is 5.30. The zero-order valence-corrected chi connectivity index (χ0v) is 17.6. The lowest BCUT2D eigenvalue weighted by molar-refractivity contribution is 0.170. The second kappa shape index (κ2) is 8.36. The van der Waals surface area contributed by atoms with Crippen LogP contribution in [0, 0.1) is 0 Å². The summed E-state index contributed by atoms with van der Waals surface area (Å²) in [6.45, 7) is 1.83. The molecule has 0 atom stereocenters. The highest BCUT2D eigenvalue weighted by molar-refractivity contribution is 7.90. The predicted molar refractivity (Wildman–Crippen MR) is 117 cm³/mol. The molecule has 1 aliphatic rings. The van der Waals surface area contributed by atoms with Gasteiger partial charge in [-0.15, -0.1) is 0 Å². The number of hydrogen-bond acceptors (Lipinski definition) is 5. The summed E-state index contributed by atoms with van der Waals surface area (Å²) in [5, 5.41) is 0. The first-order valence-corrected chi connectivity index (χ1v) is 11.8. The number of pyridine rings is 1. The zero-order chi connectivity index (χ0) is 21.1. The van der Waals surface area contributed by atoms with E-state index in [4.69, 9.17) is 4.74 Å². The summed E-state index contributed by atoms with van der Waals surface area (Å²) < 4.78 is 30.7. The summed E-state index contributed by atoms with van der Waals surface area (Å²) in [5.41, 5.74) is 1.61. The zero-order valence-electron chi connectivity index (χ0n) is 16.8. The highest BCUT2D eigenvalue weighted by Crippen LogP contribution is 2.23. The van der Waals surface area contributed by atoms with E-state index in [1.807, 2.05) is 18.2 Å². The molecule has 0 unspecified atom stereocenters. The number of aromatic nitrogens is 1. The smallest absolute Gasteiger partial charge is 0.258 e. The maximum Gasteiger partial charge on any atom is 0.258 e. The second-order valence-corrected chi connectivity index (χ2v) is 9.49. The van der Waals surface area contributed by atoms with Crippen LogP contribution in [0.1, 0.15) is 12.8 Å². The first-order chi connectivity index (χ1) is 14.4. The molecular weight excluding hydrogens is 400 g/mol. The monoisotopic (exact) mass is 424 g/mol. The number of ether oxygens (including phenoxy) is 1. The first-order valence-electron chi connectivity index (χ1n) is 9.90. The Kier molecular flexibility index (Phi) is 5.63. The van der Waals surface area contributed by atoms with Crippen LogP contribution in [-0.4, -0.2) is 38.4 Å². The van der Waals surface area contributed by atoms with Gasteiger partial charge in [0.15, 0.2) is 9.84 Å². The SMILES string of the molecule is CS(=O)(=O)c1ccc(-n2ccc(OC3CCN(c4ccccc4)CC3)cc2=O)cc1. The number of para-hydroxylation sites is 1. The highest BCUT2D eigenvalue weighted by atomic mass is 32.2. The van der Waals surface area contributed by atoms with Gasteiger partial charge in [-0.3, -0.25) is 9.36 Å². The molecule has 156 valence electrons. The van der Waals surface area contributed by atoms with Crippen LogP contribution >= 0.6 is 0 Å². The van der Waals surface area contributed by atoms with Crippen LogP contribution in [-0.2, 0) is 9.84 Å². The molecule has 1 saturated heterocycles. The van der Waals surface area contributed by atoms with Gasteiger partial charge in [-0.05, 0) is 42.5 Å². The quantitative estimate of drug-likeness (QED) is 0.629. The van der Waals surface area contributed by atoms with Crippen molar-refractivity contribution >= 4 is 15.5 Å². The van der Waals surface area contributed by atoms with Gasteiger partial charge >= 0.3 is 0 Å². The number of sulfone groups is 1. The fraction of sp³-hybridized carbons (Fsp3) is 0.261. The average molecular weight is 425 g/mol. The Morgan fingerprint density at radius 1 is 0.900 bits per heavy atom. The normalized spacial score (nSPS) is 15.2. The van der Waals surface area contributed by atoms with Crippen LogP contribution < -0.4 is 15.2 Å². The lowest BCUT2D eigenvalue weighted by Crippen LogP contribution is -2.38. The topological polar surface area (TPSA) is 68.6 Å². The van der Waals surface area contributed by atoms with Crippen LogP contribution in [0.3, 0.4) is 0 Å². The third kappa shape index (κ3) is 4.57. The summed E-state index contributed by atoms with van der Waals surface area (Å²) in [6, 6.07) is 19.8. The number of nitrogens with zero attached hydrogens (tertiary/aromatic N) is 2. The predicted octanol–water partition coefficient (Wildman–Crippen LogP) is 3.29. The van der Waals surface area contributed by atoms with Crippen LogP contribution in [0.25, 0.3) is 5.69 Å². The summed E-state index contributed by atoms with van der Waals surface area (Å²) in [7, 11) is -3.27. The van der Waals surface area contributed by atoms with Crippen molar-refractivity contribution in [2.75, 3.05) is 24.2 Å². The van der Waals surface area contributed by atoms with E-state index < -0.39 is 9.84 Å². The van der Waals surface area contributed by atoms with Gasteiger partial charge in [0.05, 0.1) is 4.90 Å². The van der Waals surface area contributed by atoms with Gasteiger partial charge in [0.1, 0.15) is 11.9 Å². The molecule has 1 aliphatic heterocycles. The van der Waals surface area contributed by atoms with Gasteiger partial charge < -0.3 is 9.64 Å². The molecule has 2 aromatic carbocycles. The van der Waals surface area contributed by atoms with Gasteiger partial charge in [-0.2, -0.15) is 0 Å². The molecule has 2 heterocycles. The molecule has 7 heteroatoms. The standard InChI is InChI=1S/C23H24N2O4S/c1-30(27,28)22-9-7-19(8-10-22)25-16-13-21(17-23(25)26)29-20-11-14-24(15-12-20)18-5-3-2-4-6-18/h2-10,13,16-17,20H,11-12,14-15H2,1H3. The molecule has 1 fully saturated rings. The summed E-state index contributed by atoms with van der Waals surface area (Å²) in [4.78, 5) is 15.1. The largest absolute Gasteiger partial charge is 0.490 e. The number of hydrogen-bond donors (Lipinski definition) is 0. The van der Waals surface area contributed by atoms with Gasteiger partial charge in [-0.25, -0.2) is 8.42 Å². The number of rotatable bonds is 5. The molecule has 3 aromatic rings. The van der Waals surface area contributed by atoms with Crippen molar-refractivity contribution in [3.05, 3.63) is 83.3 Å². The Hall–Kier alpha value is -3.06. The molecule has 0 aliphatic carbocycles. The van der Waals surface area contributed by atoms with E-state index in [1.165, 1.54) is 28.5 Å². The molecule has 30 heavy (non-hydrogen) atoms. The molecule has 6 nitrogen and oxygen atoms in total. The first kappa shape index (κ1) is 20.2. The van der Waals surface area contributed by atoms with Gasteiger partial charge in [0, 0.05) is 55.8 Å². The fourth-order valence-electron chi connectivity index (χ4n) is 3.66. The molecule has 0 spiro atoms. The molecule has 0 amide bonds. The van der Waals surface area contributed by atoms with Crippen LogP contribution in [0.15, 0.2) is 82.6 Å². The maximum atomic E-state index is 12.6. The third-order valence-corrected chi connectivity index (χ3v) is 6.43. The average Bonchev–Trinajstić information content (AvgIpc) is 2.75. The Morgan fingerprint density at radius 3 is 2.17 bits per heavy atom. The number of anilines is 1. The molecule has 0 bridgehead atoms. The van der Waals surface area contributed by atoms with Crippen molar-refractivity contribution < 1.29 is 13.2 Å². The summed E-state index contributed by atoms with van der Waals surface area (Å²) in [5.74, 6) is 0.558.